The second-order valence-electron chi connectivity index (χ2n) is 5.45. The van der Waals surface area contributed by atoms with E-state index in [2.05, 4.69) is 44.3 Å². The lowest BCUT2D eigenvalue weighted by Gasteiger charge is -2.19. The highest BCUT2D eigenvalue weighted by molar-refractivity contribution is 5.31. The van der Waals surface area contributed by atoms with E-state index in [9.17, 15) is 0 Å². The molecule has 0 heterocycles. The molecular formula is C17H29NO2. The summed E-state index contributed by atoms with van der Waals surface area (Å²) in [5.74, 6) is 0. The van der Waals surface area contributed by atoms with E-state index in [1.807, 2.05) is 13.8 Å². The van der Waals surface area contributed by atoms with E-state index in [0.717, 1.165) is 6.54 Å². The molecule has 114 valence electrons. The Kier molecular flexibility index (Phi) is 7.82. The zero-order valence-electron chi connectivity index (χ0n) is 13.5. The lowest BCUT2D eigenvalue weighted by molar-refractivity contribution is 0.0138. The van der Waals surface area contributed by atoms with Gasteiger partial charge in [0, 0.05) is 0 Å². The van der Waals surface area contributed by atoms with Gasteiger partial charge >= 0.3 is 0 Å². The molecule has 0 aromatic heterocycles. The molecule has 3 nitrogen and oxygen atoms in total. The Morgan fingerprint density at radius 2 is 1.85 bits per heavy atom. The average Bonchev–Trinajstić information content (AvgIpc) is 2.40. The molecule has 0 fully saturated rings. The van der Waals surface area contributed by atoms with Gasteiger partial charge in [0.25, 0.3) is 0 Å². The van der Waals surface area contributed by atoms with Crippen LogP contribution in [0.25, 0.3) is 0 Å². The van der Waals surface area contributed by atoms with Crippen molar-refractivity contribution in [1.29, 1.82) is 0 Å². The molecule has 1 rings (SSSR count). The van der Waals surface area contributed by atoms with Crippen LogP contribution in [0.4, 0.5) is 0 Å². The normalized spacial score (nSPS) is 12.9. The van der Waals surface area contributed by atoms with Gasteiger partial charge in [-0.25, -0.2) is 0 Å². The van der Waals surface area contributed by atoms with Crippen molar-refractivity contribution in [2.75, 3.05) is 26.4 Å². The monoisotopic (exact) mass is 279 g/mol. The molecular weight excluding hydrogens is 250 g/mol. The fourth-order valence-electron chi connectivity index (χ4n) is 2.04. The molecule has 1 N–H and O–H groups in total. The molecule has 0 aliphatic heterocycles. The van der Waals surface area contributed by atoms with Crippen LogP contribution in [0.2, 0.25) is 0 Å². The van der Waals surface area contributed by atoms with Gasteiger partial charge in [-0.15, -0.1) is 0 Å². The van der Waals surface area contributed by atoms with E-state index in [4.69, 9.17) is 9.47 Å². The van der Waals surface area contributed by atoms with E-state index in [-0.39, 0.29) is 12.1 Å². The van der Waals surface area contributed by atoms with Crippen LogP contribution in [0, 0.1) is 13.8 Å². The van der Waals surface area contributed by atoms with Gasteiger partial charge in [-0.1, -0.05) is 25.1 Å². The van der Waals surface area contributed by atoms with Gasteiger partial charge in [-0.2, -0.15) is 0 Å². The summed E-state index contributed by atoms with van der Waals surface area (Å²) >= 11 is 0. The number of likely N-dealkylation sites (N-methyl/N-ethyl adjacent to an activating group) is 1. The second-order valence-corrected chi connectivity index (χ2v) is 5.45. The predicted octanol–water partition coefficient (Wildman–Crippen LogP) is 3.40. The first-order valence-electron chi connectivity index (χ1n) is 7.54. The van der Waals surface area contributed by atoms with Gasteiger partial charge in [0.2, 0.25) is 0 Å². The largest absolute Gasteiger partial charge is 0.377 e. The second kappa shape index (κ2) is 9.11. The Labute approximate surface area is 123 Å². The molecule has 0 saturated carbocycles. The lowest BCUT2D eigenvalue weighted by atomic mass is 10.0. The third-order valence-electron chi connectivity index (χ3n) is 3.35. The first-order valence-corrected chi connectivity index (χ1v) is 7.54. The molecule has 3 heteroatoms. The van der Waals surface area contributed by atoms with E-state index in [1.165, 1.54) is 16.7 Å². The molecule has 20 heavy (non-hydrogen) atoms. The number of ether oxygens (including phenoxy) is 2. The Morgan fingerprint density at radius 1 is 1.10 bits per heavy atom. The van der Waals surface area contributed by atoms with Crippen molar-refractivity contribution in [3.05, 3.63) is 34.9 Å². The third kappa shape index (κ3) is 6.04. The van der Waals surface area contributed by atoms with Crippen molar-refractivity contribution in [3.8, 4) is 0 Å². The maximum absolute atomic E-state index is 5.74. The van der Waals surface area contributed by atoms with Crippen molar-refractivity contribution in [1.82, 2.24) is 5.32 Å². The molecule has 0 amide bonds. The minimum absolute atomic E-state index is 0.248. The highest BCUT2D eigenvalue weighted by atomic mass is 16.5. The molecule has 0 aliphatic rings. The minimum Gasteiger partial charge on any atom is -0.377 e. The highest BCUT2D eigenvalue weighted by Gasteiger charge is 2.11. The number of nitrogens with one attached hydrogen (secondary N) is 1. The Bertz CT molecular complexity index is 391. The van der Waals surface area contributed by atoms with Crippen LogP contribution in [-0.4, -0.2) is 32.5 Å². The maximum atomic E-state index is 5.74. The zero-order valence-corrected chi connectivity index (χ0v) is 13.5. The van der Waals surface area contributed by atoms with Gasteiger partial charge in [-0.05, 0) is 50.9 Å². The van der Waals surface area contributed by atoms with Crippen LogP contribution in [0.5, 0.6) is 0 Å². The Balaban J connectivity index is 2.49. The van der Waals surface area contributed by atoms with E-state index in [1.54, 1.807) is 0 Å². The predicted molar refractivity (Wildman–Crippen MR) is 84.2 cm³/mol. The van der Waals surface area contributed by atoms with Gasteiger partial charge in [0.15, 0.2) is 0 Å². The number of hydrogen-bond donors (Lipinski definition) is 1. The Hall–Kier alpha value is -0.900. The van der Waals surface area contributed by atoms with Gasteiger partial charge in [-0.3, -0.25) is 0 Å². The summed E-state index contributed by atoms with van der Waals surface area (Å²) in [4.78, 5) is 0. The smallest absolute Gasteiger partial charge is 0.0703 e. The molecule has 1 atom stereocenters. The third-order valence-corrected chi connectivity index (χ3v) is 3.35. The van der Waals surface area contributed by atoms with E-state index >= 15 is 0 Å². The minimum atomic E-state index is 0.248. The highest BCUT2D eigenvalue weighted by Crippen LogP contribution is 2.17. The summed E-state index contributed by atoms with van der Waals surface area (Å²) in [6.07, 6.45) is 0.267. The summed E-state index contributed by atoms with van der Waals surface area (Å²) in [5, 5.41) is 3.48. The van der Waals surface area contributed by atoms with Crippen LogP contribution in [0.3, 0.4) is 0 Å². The summed E-state index contributed by atoms with van der Waals surface area (Å²) in [5.41, 5.74) is 3.95. The van der Waals surface area contributed by atoms with Crippen LogP contribution in [0.1, 0.15) is 43.5 Å². The van der Waals surface area contributed by atoms with Crippen molar-refractivity contribution >= 4 is 0 Å². The van der Waals surface area contributed by atoms with E-state index in [0.29, 0.717) is 19.8 Å². The van der Waals surface area contributed by atoms with Crippen LogP contribution in [-0.2, 0) is 9.47 Å². The van der Waals surface area contributed by atoms with Crippen molar-refractivity contribution < 1.29 is 9.47 Å². The van der Waals surface area contributed by atoms with Crippen molar-refractivity contribution in [2.24, 2.45) is 0 Å². The maximum Gasteiger partial charge on any atom is 0.0703 e. The number of rotatable bonds is 9. The topological polar surface area (TPSA) is 30.5 Å². The van der Waals surface area contributed by atoms with Gasteiger partial charge in [0.1, 0.15) is 0 Å². The van der Waals surface area contributed by atoms with Crippen molar-refractivity contribution in [3.63, 3.8) is 0 Å². The number of benzene rings is 1. The van der Waals surface area contributed by atoms with Crippen LogP contribution >= 0.6 is 0 Å². The number of aryl methyl sites for hydroxylation is 2. The molecule has 1 aromatic carbocycles. The summed E-state index contributed by atoms with van der Waals surface area (Å²) in [6.45, 7) is 13.4. The van der Waals surface area contributed by atoms with Gasteiger partial charge < -0.3 is 14.8 Å². The van der Waals surface area contributed by atoms with Crippen molar-refractivity contribution in [2.45, 2.75) is 46.8 Å². The summed E-state index contributed by atoms with van der Waals surface area (Å²) in [7, 11) is 0. The first-order chi connectivity index (χ1) is 9.54. The molecule has 0 bridgehead atoms. The quantitative estimate of drug-likeness (QED) is 0.703. The van der Waals surface area contributed by atoms with E-state index < -0.39 is 0 Å². The average molecular weight is 279 g/mol. The first kappa shape index (κ1) is 17.2. The Morgan fingerprint density at radius 3 is 2.45 bits per heavy atom. The molecule has 0 radical (unpaired) electrons. The SMILES string of the molecule is CCNC(COCCOC(C)C)c1ccc(C)c(C)c1. The fraction of sp³-hybridized carbons (Fsp3) is 0.647. The molecule has 1 aromatic rings. The molecule has 0 aliphatic carbocycles. The summed E-state index contributed by atoms with van der Waals surface area (Å²) < 4.78 is 11.2. The summed E-state index contributed by atoms with van der Waals surface area (Å²) in [6, 6.07) is 6.86. The number of hydrogen-bond acceptors (Lipinski definition) is 3. The molecule has 1 unspecified atom stereocenters. The van der Waals surface area contributed by atoms with Crippen LogP contribution < -0.4 is 5.32 Å². The standard InChI is InChI=1S/C17H29NO2/c1-6-18-17(12-19-9-10-20-13(2)3)16-8-7-14(4)15(5)11-16/h7-8,11,13,17-18H,6,9-10,12H2,1-5H3. The zero-order chi connectivity index (χ0) is 15.0. The fourth-order valence-corrected chi connectivity index (χ4v) is 2.04. The van der Waals surface area contributed by atoms with Crippen LogP contribution in [0.15, 0.2) is 18.2 Å². The van der Waals surface area contributed by atoms with Gasteiger partial charge in [0.05, 0.1) is 32.0 Å². The lowest BCUT2D eigenvalue weighted by Crippen LogP contribution is -2.26. The molecule has 0 saturated heterocycles. The molecule has 0 spiro atoms.